The summed E-state index contributed by atoms with van der Waals surface area (Å²) < 4.78 is 1.20. The lowest BCUT2D eigenvalue weighted by molar-refractivity contribution is 0.259. The molecular weight excluding hydrogens is 310 g/mol. The molecule has 0 spiro atoms. The highest BCUT2D eigenvalue weighted by Gasteiger charge is 2.39. The average molecular weight is 330 g/mol. The zero-order chi connectivity index (χ0) is 13.2. The van der Waals surface area contributed by atoms with Gasteiger partial charge in [-0.3, -0.25) is 4.99 Å². The molecule has 3 N–H and O–H groups in total. The van der Waals surface area contributed by atoms with Crippen molar-refractivity contribution in [2.75, 3.05) is 6.54 Å². The lowest BCUT2D eigenvalue weighted by Crippen LogP contribution is -2.41. The van der Waals surface area contributed by atoms with Gasteiger partial charge in [0.15, 0.2) is 5.96 Å². The van der Waals surface area contributed by atoms with Gasteiger partial charge in [-0.2, -0.15) is 0 Å². The summed E-state index contributed by atoms with van der Waals surface area (Å²) in [6.07, 6.45) is 3.74. The number of halogens is 1. The number of nitrogens with one attached hydrogen (secondary N) is 1. The SMILES string of the molecule is CC(C)NC(N)=NCC1(c2ccc(Br)s2)CCC1. The zero-order valence-corrected chi connectivity index (χ0v) is 13.3. The van der Waals surface area contributed by atoms with E-state index in [9.17, 15) is 0 Å². The van der Waals surface area contributed by atoms with E-state index in [1.165, 1.54) is 27.9 Å². The number of rotatable bonds is 4. The molecule has 1 fully saturated rings. The highest BCUT2D eigenvalue weighted by Crippen LogP contribution is 2.47. The first kappa shape index (κ1) is 13.9. The number of hydrogen-bond donors (Lipinski definition) is 2. The molecule has 1 aliphatic rings. The molecule has 0 saturated heterocycles. The molecule has 0 aromatic carbocycles. The van der Waals surface area contributed by atoms with Gasteiger partial charge in [0.2, 0.25) is 0 Å². The second-order valence-electron chi connectivity index (χ2n) is 5.24. The topological polar surface area (TPSA) is 50.4 Å². The minimum absolute atomic E-state index is 0.236. The van der Waals surface area contributed by atoms with Gasteiger partial charge in [0.1, 0.15) is 0 Å². The summed E-state index contributed by atoms with van der Waals surface area (Å²) in [7, 11) is 0. The van der Waals surface area contributed by atoms with Crippen LogP contribution in [0.2, 0.25) is 0 Å². The Morgan fingerprint density at radius 1 is 1.56 bits per heavy atom. The summed E-state index contributed by atoms with van der Waals surface area (Å²) in [5.74, 6) is 0.562. The van der Waals surface area contributed by atoms with Crippen LogP contribution < -0.4 is 11.1 Å². The van der Waals surface area contributed by atoms with Crippen LogP contribution in [-0.2, 0) is 5.41 Å². The van der Waals surface area contributed by atoms with Crippen molar-refractivity contribution in [1.82, 2.24) is 5.32 Å². The van der Waals surface area contributed by atoms with Crippen molar-refractivity contribution in [3.8, 4) is 0 Å². The average Bonchev–Trinajstić information content (AvgIpc) is 2.62. The molecule has 5 heteroatoms. The van der Waals surface area contributed by atoms with E-state index >= 15 is 0 Å². The summed E-state index contributed by atoms with van der Waals surface area (Å²) in [4.78, 5) is 5.95. The van der Waals surface area contributed by atoms with Crippen molar-refractivity contribution in [1.29, 1.82) is 0 Å². The Bertz CT molecular complexity index is 435. The lowest BCUT2D eigenvalue weighted by atomic mass is 9.68. The predicted molar refractivity (Wildman–Crippen MR) is 82.3 cm³/mol. The Kier molecular flexibility index (Phi) is 4.33. The molecule has 1 aromatic heterocycles. The fraction of sp³-hybridized carbons (Fsp3) is 0.615. The molecule has 0 aliphatic heterocycles. The van der Waals surface area contributed by atoms with Crippen molar-refractivity contribution in [2.24, 2.45) is 10.7 Å². The molecular formula is C13H20BrN3S. The van der Waals surface area contributed by atoms with Crippen LogP contribution in [0, 0.1) is 0 Å². The Labute approximate surface area is 121 Å². The first-order valence-corrected chi connectivity index (χ1v) is 7.95. The molecule has 3 nitrogen and oxygen atoms in total. The number of aliphatic imine (C=N–C) groups is 1. The van der Waals surface area contributed by atoms with Gasteiger partial charge >= 0.3 is 0 Å². The summed E-state index contributed by atoms with van der Waals surface area (Å²) in [6.45, 7) is 4.93. The fourth-order valence-corrected chi connectivity index (χ4v) is 3.89. The van der Waals surface area contributed by atoms with Crippen LogP contribution in [0.3, 0.4) is 0 Å². The molecule has 1 aromatic rings. The first-order chi connectivity index (χ1) is 8.52. The molecule has 1 aliphatic carbocycles. The van der Waals surface area contributed by atoms with Crippen LogP contribution in [0.4, 0.5) is 0 Å². The van der Waals surface area contributed by atoms with Gasteiger partial charge in [-0.1, -0.05) is 6.42 Å². The molecule has 2 rings (SSSR count). The Hall–Kier alpha value is -0.550. The van der Waals surface area contributed by atoms with Crippen LogP contribution >= 0.6 is 27.3 Å². The highest BCUT2D eigenvalue weighted by atomic mass is 79.9. The Morgan fingerprint density at radius 3 is 2.72 bits per heavy atom. The minimum atomic E-state index is 0.236. The van der Waals surface area contributed by atoms with Crippen molar-refractivity contribution in [3.05, 3.63) is 20.8 Å². The molecule has 0 unspecified atom stereocenters. The van der Waals surface area contributed by atoms with Crippen LogP contribution in [-0.4, -0.2) is 18.5 Å². The van der Waals surface area contributed by atoms with E-state index in [-0.39, 0.29) is 5.41 Å². The van der Waals surface area contributed by atoms with Gasteiger partial charge in [-0.05, 0) is 54.8 Å². The second-order valence-corrected chi connectivity index (χ2v) is 7.70. The first-order valence-electron chi connectivity index (χ1n) is 6.34. The molecule has 0 amide bonds. The van der Waals surface area contributed by atoms with Crippen molar-refractivity contribution >= 4 is 33.2 Å². The van der Waals surface area contributed by atoms with Gasteiger partial charge in [0.05, 0.1) is 10.3 Å². The number of guanidine groups is 1. The highest BCUT2D eigenvalue weighted by molar-refractivity contribution is 9.11. The summed E-state index contributed by atoms with van der Waals surface area (Å²) in [6, 6.07) is 4.68. The smallest absolute Gasteiger partial charge is 0.188 e. The number of nitrogens with two attached hydrogens (primary N) is 1. The molecule has 0 radical (unpaired) electrons. The summed E-state index contributed by atoms with van der Waals surface area (Å²) in [5, 5.41) is 3.14. The fourth-order valence-electron chi connectivity index (χ4n) is 2.26. The van der Waals surface area contributed by atoms with Crippen LogP contribution in [0.1, 0.15) is 38.0 Å². The lowest BCUT2D eigenvalue weighted by Gasteiger charge is -2.40. The molecule has 1 saturated carbocycles. The zero-order valence-electron chi connectivity index (χ0n) is 10.9. The third-order valence-corrected chi connectivity index (χ3v) is 5.27. The van der Waals surface area contributed by atoms with Crippen LogP contribution in [0.25, 0.3) is 0 Å². The minimum Gasteiger partial charge on any atom is -0.370 e. The largest absolute Gasteiger partial charge is 0.370 e. The van der Waals surface area contributed by atoms with Gasteiger partial charge in [0.25, 0.3) is 0 Å². The Balaban J connectivity index is 2.05. The van der Waals surface area contributed by atoms with E-state index in [4.69, 9.17) is 5.73 Å². The third kappa shape index (κ3) is 3.06. The third-order valence-electron chi connectivity index (χ3n) is 3.40. The van der Waals surface area contributed by atoms with Gasteiger partial charge < -0.3 is 11.1 Å². The molecule has 0 atom stereocenters. The normalized spacial score (nSPS) is 18.8. The standard InChI is InChI=1S/C13H20BrN3S/c1-9(2)17-12(15)16-8-13(6-3-7-13)10-4-5-11(14)18-10/h4-5,9H,3,6-8H2,1-2H3,(H3,15,16,17). The van der Waals surface area contributed by atoms with E-state index in [0.29, 0.717) is 12.0 Å². The van der Waals surface area contributed by atoms with E-state index in [2.05, 4.69) is 52.2 Å². The molecule has 18 heavy (non-hydrogen) atoms. The predicted octanol–water partition coefficient (Wildman–Crippen LogP) is 3.25. The maximum Gasteiger partial charge on any atom is 0.188 e. The monoisotopic (exact) mass is 329 g/mol. The number of hydrogen-bond acceptors (Lipinski definition) is 2. The van der Waals surface area contributed by atoms with Crippen LogP contribution in [0.15, 0.2) is 20.9 Å². The van der Waals surface area contributed by atoms with Crippen LogP contribution in [0.5, 0.6) is 0 Å². The van der Waals surface area contributed by atoms with E-state index in [1.54, 1.807) is 0 Å². The molecule has 1 heterocycles. The van der Waals surface area contributed by atoms with Crippen molar-refractivity contribution < 1.29 is 0 Å². The van der Waals surface area contributed by atoms with Gasteiger partial charge in [0, 0.05) is 16.3 Å². The van der Waals surface area contributed by atoms with Crippen molar-refractivity contribution in [3.63, 3.8) is 0 Å². The van der Waals surface area contributed by atoms with E-state index in [0.717, 1.165) is 6.54 Å². The van der Waals surface area contributed by atoms with E-state index < -0.39 is 0 Å². The molecule has 0 bridgehead atoms. The second kappa shape index (κ2) is 5.61. The van der Waals surface area contributed by atoms with Crippen molar-refractivity contribution in [2.45, 2.75) is 44.6 Å². The van der Waals surface area contributed by atoms with Gasteiger partial charge in [-0.25, -0.2) is 0 Å². The summed E-state index contributed by atoms with van der Waals surface area (Å²) in [5.41, 5.74) is 6.11. The maximum absolute atomic E-state index is 5.88. The number of nitrogens with zero attached hydrogens (tertiary/aromatic N) is 1. The van der Waals surface area contributed by atoms with Gasteiger partial charge in [-0.15, -0.1) is 11.3 Å². The van der Waals surface area contributed by atoms with E-state index in [1.807, 2.05) is 11.3 Å². The molecule has 100 valence electrons. The number of thiophene rings is 1. The maximum atomic E-state index is 5.88. The quantitative estimate of drug-likeness (QED) is 0.658. The Morgan fingerprint density at radius 2 is 2.28 bits per heavy atom. The summed E-state index contributed by atoms with van der Waals surface area (Å²) >= 11 is 5.36.